The monoisotopic (exact) mass is 337 g/mol. The molecule has 1 N–H and O–H groups in total. The van der Waals surface area contributed by atoms with Crippen LogP contribution in [-0.4, -0.2) is 41.3 Å². The van der Waals surface area contributed by atoms with Crippen LogP contribution >= 0.6 is 0 Å². The van der Waals surface area contributed by atoms with Crippen molar-refractivity contribution in [3.05, 3.63) is 35.4 Å². The van der Waals surface area contributed by atoms with Gasteiger partial charge in [0.2, 0.25) is 5.91 Å². The Kier molecular flexibility index (Phi) is 5.23. The van der Waals surface area contributed by atoms with Crippen LogP contribution < -0.4 is 0 Å². The van der Waals surface area contributed by atoms with Gasteiger partial charge < -0.3 is 10.0 Å². The highest BCUT2D eigenvalue weighted by Gasteiger charge is 2.44. The average Bonchev–Trinajstić information content (AvgIpc) is 2.49. The lowest BCUT2D eigenvalue weighted by Crippen LogP contribution is -2.45. The van der Waals surface area contributed by atoms with E-state index in [-0.39, 0.29) is 38.3 Å². The van der Waals surface area contributed by atoms with Crippen molar-refractivity contribution in [2.45, 2.75) is 31.5 Å². The molecule has 1 fully saturated rings. The number of hydrogen-bond acceptors (Lipinski definition) is 2. The standard InChI is InChI=1S/C15H16F5NO2/c16-11-2-1-9(7-12(11)17)8-13(22)21-5-3-10(4-6-21)14(23)15(18,19)20/h1-2,7,10,14,23H,3-6,8H2. The fourth-order valence-corrected chi connectivity index (χ4v) is 2.67. The molecule has 3 nitrogen and oxygen atoms in total. The molecule has 23 heavy (non-hydrogen) atoms. The van der Waals surface area contributed by atoms with E-state index in [9.17, 15) is 31.9 Å². The Bertz CT molecular complexity index is 567. The first-order valence-electron chi connectivity index (χ1n) is 7.15. The maximum atomic E-state index is 13.1. The molecule has 128 valence electrons. The third-order valence-corrected chi connectivity index (χ3v) is 4.01. The number of benzene rings is 1. The number of hydrogen-bond donors (Lipinski definition) is 1. The normalized spacial score (nSPS) is 18.1. The maximum Gasteiger partial charge on any atom is 0.414 e. The molecule has 0 aromatic heterocycles. The van der Waals surface area contributed by atoms with Crippen molar-refractivity contribution in [2.24, 2.45) is 5.92 Å². The zero-order chi connectivity index (χ0) is 17.2. The minimum absolute atomic E-state index is 0.0458. The Morgan fingerprint density at radius 3 is 2.35 bits per heavy atom. The van der Waals surface area contributed by atoms with Gasteiger partial charge in [0.1, 0.15) is 0 Å². The summed E-state index contributed by atoms with van der Waals surface area (Å²) in [6.07, 6.45) is -7.11. The number of likely N-dealkylation sites (tertiary alicyclic amines) is 1. The smallest absolute Gasteiger partial charge is 0.383 e. The van der Waals surface area contributed by atoms with Crippen molar-refractivity contribution in [3.8, 4) is 0 Å². The van der Waals surface area contributed by atoms with Gasteiger partial charge in [-0.1, -0.05) is 6.07 Å². The first-order valence-corrected chi connectivity index (χ1v) is 7.15. The second-order valence-corrected chi connectivity index (χ2v) is 5.63. The number of nitrogens with zero attached hydrogens (tertiary/aromatic N) is 1. The zero-order valence-electron chi connectivity index (χ0n) is 12.1. The first-order chi connectivity index (χ1) is 10.7. The minimum Gasteiger partial charge on any atom is -0.383 e. The molecule has 1 aliphatic heterocycles. The summed E-state index contributed by atoms with van der Waals surface area (Å²) >= 11 is 0. The quantitative estimate of drug-likeness (QED) is 0.862. The fraction of sp³-hybridized carbons (Fsp3) is 0.533. The van der Waals surface area contributed by atoms with Gasteiger partial charge in [-0.05, 0) is 36.5 Å². The molecular formula is C15H16F5NO2. The SMILES string of the molecule is O=C(Cc1ccc(F)c(F)c1)N1CCC(C(O)C(F)(F)F)CC1. The Hall–Kier alpha value is -1.70. The summed E-state index contributed by atoms with van der Waals surface area (Å²) in [6.45, 7) is 0.195. The second-order valence-electron chi connectivity index (χ2n) is 5.63. The number of carbonyl (C=O) groups is 1. The van der Waals surface area contributed by atoms with Gasteiger partial charge in [0, 0.05) is 13.1 Å². The largest absolute Gasteiger partial charge is 0.414 e. The molecule has 1 aromatic carbocycles. The van der Waals surface area contributed by atoms with E-state index in [1.54, 1.807) is 0 Å². The van der Waals surface area contributed by atoms with Crippen LogP contribution in [0.4, 0.5) is 22.0 Å². The summed E-state index contributed by atoms with van der Waals surface area (Å²) in [5, 5.41) is 9.22. The number of aliphatic hydroxyl groups is 1. The van der Waals surface area contributed by atoms with Crippen LogP contribution in [0.5, 0.6) is 0 Å². The van der Waals surface area contributed by atoms with Crippen molar-refractivity contribution < 1.29 is 31.9 Å². The summed E-state index contributed by atoms with van der Waals surface area (Å²) in [7, 11) is 0. The van der Waals surface area contributed by atoms with E-state index in [0.717, 1.165) is 12.1 Å². The van der Waals surface area contributed by atoms with Gasteiger partial charge in [-0.2, -0.15) is 13.2 Å². The number of aliphatic hydroxyl groups excluding tert-OH is 1. The molecule has 0 aliphatic carbocycles. The highest BCUT2D eigenvalue weighted by molar-refractivity contribution is 5.78. The molecule has 1 unspecified atom stereocenters. The molecule has 1 aliphatic rings. The van der Waals surface area contributed by atoms with Gasteiger partial charge in [-0.3, -0.25) is 4.79 Å². The van der Waals surface area contributed by atoms with Crippen LogP contribution in [0.1, 0.15) is 18.4 Å². The van der Waals surface area contributed by atoms with Crippen molar-refractivity contribution in [1.82, 2.24) is 4.90 Å². The molecule has 2 rings (SSSR count). The molecule has 8 heteroatoms. The molecule has 1 amide bonds. The van der Waals surface area contributed by atoms with E-state index in [1.807, 2.05) is 0 Å². The summed E-state index contributed by atoms with van der Waals surface area (Å²) in [5.41, 5.74) is 0.298. The molecule has 0 spiro atoms. The van der Waals surface area contributed by atoms with Crippen molar-refractivity contribution in [2.75, 3.05) is 13.1 Å². The van der Waals surface area contributed by atoms with Gasteiger partial charge in [-0.15, -0.1) is 0 Å². The lowest BCUT2D eigenvalue weighted by atomic mass is 9.90. The second kappa shape index (κ2) is 6.82. The van der Waals surface area contributed by atoms with E-state index in [2.05, 4.69) is 0 Å². The van der Waals surface area contributed by atoms with Gasteiger partial charge in [0.25, 0.3) is 0 Å². The molecule has 1 aromatic rings. The van der Waals surface area contributed by atoms with Crippen LogP contribution in [0.15, 0.2) is 18.2 Å². The predicted molar refractivity (Wildman–Crippen MR) is 71.4 cm³/mol. The topological polar surface area (TPSA) is 40.5 Å². The van der Waals surface area contributed by atoms with Crippen molar-refractivity contribution in [3.63, 3.8) is 0 Å². The maximum absolute atomic E-state index is 13.1. The summed E-state index contributed by atoms with van der Waals surface area (Å²) in [4.78, 5) is 13.4. The summed E-state index contributed by atoms with van der Waals surface area (Å²) < 4.78 is 63.3. The third kappa shape index (κ3) is 4.40. The van der Waals surface area contributed by atoms with Crippen LogP contribution in [0, 0.1) is 17.6 Å². The highest BCUT2D eigenvalue weighted by Crippen LogP contribution is 2.31. The molecule has 1 atom stereocenters. The van der Waals surface area contributed by atoms with E-state index >= 15 is 0 Å². The van der Waals surface area contributed by atoms with Crippen LogP contribution in [0.2, 0.25) is 0 Å². The van der Waals surface area contributed by atoms with Crippen LogP contribution in [-0.2, 0) is 11.2 Å². The molecule has 0 bridgehead atoms. The van der Waals surface area contributed by atoms with E-state index in [4.69, 9.17) is 0 Å². The molecule has 0 saturated carbocycles. The fourth-order valence-electron chi connectivity index (χ4n) is 2.67. The number of rotatable bonds is 3. The molecule has 1 saturated heterocycles. The van der Waals surface area contributed by atoms with Gasteiger partial charge in [0.05, 0.1) is 6.42 Å². The molecular weight excluding hydrogens is 321 g/mol. The van der Waals surface area contributed by atoms with E-state index < -0.39 is 29.8 Å². The molecule has 1 heterocycles. The number of halogens is 5. The Balaban J connectivity index is 1.89. The number of piperidine rings is 1. The third-order valence-electron chi connectivity index (χ3n) is 4.01. The predicted octanol–water partition coefficient (Wildman–Crippen LogP) is 2.67. The Labute approximate surface area is 129 Å². The lowest BCUT2D eigenvalue weighted by molar-refractivity contribution is -0.222. The van der Waals surface area contributed by atoms with Crippen LogP contribution in [0.25, 0.3) is 0 Å². The van der Waals surface area contributed by atoms with E-state index in [1.165, 1.54) is 11.0 Å². The zero-order valence-corrected chi connectivity index (χ0v) is 12.1. The van der Waals surface area contributed by atoms with E-state index in [0.29, 0.717) is 5.56 Å². The minimum atomic E-state index is -4.66. The molecule has 0 radical (unpaired) electrons. The summed E-state index contributed by atoms with van der Waals surface area (Å²) in [5.74, 6) is -3.36. The first kappa shape index (κ1) is 17.7. The highest BCUT2D eigenvalue weighted by atomic mass is 19.4. The lowest BCUT2D eigenvalue weighted by Gasteiger charge is -2.34. The van der Waals surface area contributed by atoms with Crippen molar-refractivity contribution >= 4 is 5.91 Å². The van der Waals surface area contributed by atoms with Crippen molar-refractivity contribution in [1.29, 1.82) is 0 Å². The Morgan fingerprint density at radius 2 is 1.83 bits per heavy atom. The number of amides is 1. The van der Waals surface area contributed by atoms with Crippen LogP contribution in [0.3, 0.4) is 0 Å². The number of alkyl halides is 3. The Morgan fingerprint density at radius 1 is 1.22 bits per heavy atom. The van der Waals surface area contributed by atoms with Gasteiger partial charge in [-0.25, -0.2) is 8.78 Å². The average molecular weight is 337 g/mol. The number of carbonyl (C=O) groups excluding carboxylic acids is 1. The summed E-state index contributed by atoms with van der Waals surface area (Å²) in [6, 6.07) is 3.13. The van der Waals surface area contributed by atoms with Gasteiger partial charge >= 0.3 is 6.18 Å². The van der Waals surface area contributed by atoms with Gasteiger partial charge in [0.15, 0.2) is 17.7 Å².